The highest BCUT2D eigenvalue weighted by Gasteiger charge is 2.31. The third-order valence-electron chi connectivity index (χ3n) is 4.98. The van der Waals surface area contributed by atoms with Gasteiger partial charge in [0.05, 0.1) is 12.5 Å². The number of carboxylic acid groups (broad SMARTS) is 1. The molecule has 0 aliphatic rings. The van der Waals surface area contributed by atoms with Crippen molar-refractivity contribution in [1.82, 2.24) is 16.0 Å². The molecule has 0 rings (SSSR count). The molecule has 14 nitrogen and oxygen atoms in total. The molecule has 12 N–H and O–H groups in total. The Morgan fingerprint density at radius 1 is 0.771 bits per heavy atom. The molecule has 0 aliphatic carbocycles. The normalized spacial score (nSPS) is 14.3. The largest absolute Gasteiger partial charge is 0.480 e. The van der Waals surface area contributed by atoms with Crippen LogP contribution in [0.1, 0.15) is 58.8 Å². The minimum absolute atomic E-state index is 0.0303. The summed E-state index contributed by atoms with van der Waals surface area (Å²) in [7, 11) is 0. The number of amides is 5. The molecule has 0 aromatic carbocycles. The molecule has 0 aliphatic heterocycles. The fourth-order valence-electron chi connectivity index (χ4n) is 3.12. The number of primary amides is 2. The van der Waals surface area contributed by atoms with Crippen molar-refractivity contribution in [3.8, 4) is 0 Å². The zero-order valence-electron chi connectivity index (χ0n) is 20.2. The van der Waals surface area contributed by atoms with Crippen molar-refractivity contribution in [2.24, 2.45) is 28.9 Å². The number of carboxylic acids is 1. The van der Waals surface area contributed by atoms with Crippen molar-refractivity contribution in [2.45, 2.75) is 83.0 Å². The van der Waals surface area contributed by atoms with E-state index in [0.29, 0.717) is 19.4 Å². The lowest BCUT2D eigenvalue weighted by Gasteiger charge is -2.25. The van der Waals surface area contributed by atoms with Crippen molar-refractivity contribution < 1.29 is 33.9 Å². The highest BCUT2D eigenvalue weighted by Crippen LogP contribution is 2.07. The maximum atomic E-state index is 12.9. The Bertz CT molecular complexity index is 760. The lowest BCUT2D eigenvalue weighted by Crippen LogP contribution is -2.57. The number of hydrogen-bond acceptors (Lipinski definition) is 8. The topological polar surface area (TPSA) is 263 Å². The number of aliphatic carboxylic acids is 1. The number of carbonyl (C=O) groups excluding carboxylic acids is 5. The summed E-state index contributed by atoms with van der Waals surface area (Å²) in [5.74, 6) is -5.28. The Labute approximate surface area is 204 Å². The molecule has 0 saturated heterocycles. The molecule has 0 radical (unpaired) electrons. The molecular weight excluding hydrogens is 462 g/mol. The van der Waals surface area contributed by atoms with Crippen molar-refractivity contribution in [1.29, 1.82) is 0 Å². The van der Waals surface area contributed by atoms with Gasteiger partial charge in [0.1, 0.15) is 18.1 Å². The second kappa shape index (κ2) is 16.4. The van der Waals surface area contributed by atoms with Crippen LogP contribution < -0.4 is 38.9 Å². The van der Waals surface area contributed by atoms with Gasteiger partial charge in [-0.15, -0.1) is 0 Å². The van der Waals surface area contributed by atoms with Gasteiger partial charge in [-0.2, -0.15) is 0 Å². The van der Waals surface area contributed by atoms with Gasteiger partial charge in [-0.1, -0.05) is 13.8 Å². The van der Waals surface area contributed by atoms with E-state index in [0.717, 1.165) is 0 Å². The average molecular weight is 502 g/mol. The van der Waals surface area contributed by atoms with Crippen LogP contribution in [-0.2, 0) is 28.8 Å². The fraction of sp³-hybridized carbons (Fsp3) is 0.714. The first kappa shape index (κ1) is 31.7. The smallest absolute Gasteiger partial charge is 0.326 e. The van der Waals surface area contributed by atoms with Gasteiger partial charge >= 0.3 is 5.97 Å². The summed E-state index contributed by atoms with van der Waals surface area (Å²) in [4.78, 5) is 72.0. The predicted molar refractivity (Wildman–Crippen MR) is 126 cm³/mol. The summed E-state index contributed by atoms with van der Waals surface area (Å²) in [5, 5.41) is 16.5. The first-order valence-corrected chi connectivity index (χ1v) is 11.4. The summed E-state index contributed by atoms with van der Waals surface area (Å²) in [5.41, 5.74) is 21.5. The summed E-state index contributed by atoms with van der Waals surface area (Å²) in [6.07, 6.45) is 0.527. The number of carbonyl (C=O) groups is 6. The zero-order valence-corrected chi connectivity index (χ0v) is 20.2. The van der Waals surface area contributed by atoms with Crippen LogP contribution in [0.3, 0.4) is 0 Å². The Morgan fingerprint density at radius 2 is 1.31 bits per heavy atom. The predicted octanol–water partition coefficient (Wildman–Crippen LogP) is -2.83. The molecule has 4 unspecified atom stereocenters. The average Bonchev–Trinajstić information content (AvgIpc) is 2.74. The van der Waals surface area contributed by atoms with E-state index in [1.54, 1.807) is 13.8 Å². The van der Waals surface area contributed by atoms with Crippen molar-refractivity contribution in [2.75, 3.05) is 6.54 Å². The van der Waals surface area contributed by atoms with Crippen LogP contribution in [0, 0.1) is 5.92 Å². The highest BCUT2D eigenvalue weighted by atomic mass is 16.4. The SMILES string of the molecule is CC(C)CC(NC(=O)C(CC(N)=O)NC(=O)C(CCCCN)NC(=O)C(N)CCC(N)=O)C(=O)O. The van der Waals surface area contributed by atoms with Crippen LogP contribution in [0.15, 0.2) is 0 Å². The molecular formula is C21H39N7O7. The third kappa shape index (κ3) is 13.9. The van der Waals surface area contributed by atoms with Crippen LogP contribution in [0.5, 0.6) is 0 Å². The first-order valence-electron chi connectivity index (χ1n) is 11.4. The summed E-state index contributed by atoms with van der Waals surface area (Å²) in [6.45, 7) is 3.89. The molecule has 35 heavy (non-hydrogen) atoms. The van der Waals surface area contributed by atoms with Gasteiger partial charge in [0.15, 0.2) is 0 Å². The summed E-state index contributed by atoms with van der Waals surface area (Å²) in [6, 6.07) is -4.95. The van der Waals surface area contributed by atoms with Gasteiger partial charge < -0.3 is 44.0 Å². The van der Waals surface area contributed by atoms with E-state index in [-0.39, 0.29) is 31.6 Å². The van der Waals surface area contributed by atoms with Gasteiger partial charge in [0, 0.05) is 6.42 Å². The van der Waals surface area contributed by atoms with Crippen molar-refractivity contribution >= 4 is 35.5 Å². The molecule has 5 amide bonds. The van der Waals surface area contributed by atoms with Gasteiger partial charge in [-0.25, -0.2) is 4.79 Å². The quantitative estimate of drug-likeness (QED) is 0.0898. The van der Waals surface area contributed by atoms with Crippen molar-refractivity contribution in [3.05, 3.63) is 0 Å². The summed E-state index contributed by atoms with van der Waals surface area (Å²) < 4.78 is 0. The molecule has 0 fully saturated rings. The second-order valence-corrected chi connectivity index (χ2v) is 8.72. The minimum atomic E-state index is -1.47. The number of unbranched alkanes of at least 4 members (excludes halogenated alkanes) is 1. The second-order valence-electron chi connectivity index (χ2n) is 8.72. The van der Waals surface area contributed by atoms with E-state index in [2.05, 4.69) is 16.0 Å². The van der Waals surface area contributed by atoms with Crippen LogP contribution in [0.4, 0.5) is 0 Å². The van der Waals surface area contributed by atoms with E-state index < -0.39 is 66.1 Å². The Balaban J connectivity index is 5.51. The minimum Gasteiger partial charge on any atom is -0.480 e. The molecule has 0 heterocycles. The number of hydrogen-bond donors (Lipinski definition) is 8. The highest BCUT2D eigenvalue weighted by molar-refractivity contribution is 5.96. The third-order valence-corrected chi connectivity index (χ3v) is 4.98. The monoisotopic (exact) mass is 501 g/mol. The lowest BCUT2D eigenvalue weighted by atomic mass is 10.0. The molecule has 0 aromatic heterocycles. The van der Waals surface area contributed by atoms with Gasteiger partial charge in [0.25, 0.3) is 0 Å². The van der Waals surface area contributed by atoms with Crippen LogP contribution in [0.2, 0.25) is 0 Å². The van der Waals surface area contributed by atoms with E-state index >= 15 is 0 Å². The molecule has 0 aromatic rings. The van der Waals surface area contributed by atoms with Crippen LogP contribution >= 0.6 is 0 Å². The lowest BCUT2D eigenvalue weighted by molar-refractivity contribution is -0.143. The van der Waals surface area contributed by atoms with Crippen LogP contribution in [-0.4, -0.2) is 71.3 Å². The number of nitrogens with one attached hydrogen (secondary N) is 3. The Kier molecular flexibility index (Phi) is 14.9. The van der Waals surface area contributed by atoms with E-state index in [9.17, 15) is 33.9 Å². The molecule has 14 heteroatoms. The van der Waals surface area contributed by atoms with E-state index in [4.69, 9.17) is 22.9 Å². The zero-order chi connectivity index (χ0) is 27.1. The van der Waals surface area contributed by atoms with Crippen LogP contribution in [0.25, 0.3) is 0 Å². The maximum absolute atomic E-state index is 12.9. The van der Waals surface area contributed by atoms with E-state index in [1.807, 2.05) is 0 Å². The molecule has 0 bridgehead atoms. The van der Waals surface area contributed by atoms with Gasteiger partial charge in [0.2, 0.25) is 29.5 Å². The number of nitrogens with two attached hydrogens (primary N) is 4. The maximum Gasteiger partial charge on any atom is 0.326 e. The summed E-state index contributed by atoms with van der Waals surface area (Å²) >= 11 is 0. The fourth-order valence-corrected chi connectivity index (χ4v) is 3.12. The Hall–Kier alpha value is -3.26. The van der Waals surface area contributed by atoms with E-state index in [1.165, 1.54) is 0 Å². The number of rotatable bonds is 18. The Morgan fingerprint density at radius 3 is 1.80 bits per heavy atom. The van der Waals surface area contributed by atoms with Crippen molar-refractivity contribution in [3.63, 3.8) is 0 Å². The first-order chi connectivity index (χ1) is 16.3. The molecule has 200 valence electrons. The molecule has 4 atom stereocenters. The standard InChI is InChI=1S/C21H39N7O7/c1-11(2)9-15(21(34)35)28-20(33)14(10-17(25)30)27-19(32)13(5-3-4-8-22)26-18(31)12(23)6-7-16(24)29/h11-15H,3-10,22-23H2,1-2H3,(H2,24,29)(H2,25,30)(H,26,31)(H,27,32)(H,28,33)(H,34,35). The molecule has 0 spiro atoms. The molecule has 0 saturated carbocycles. The van der Waals surface area contributed by atoms with Gasteiger partial charge in [-0.3, -0.25) is 24.0 Å². The van der Waals surface area contributed by atoms with Gasteiger partial charge in [-0.05, 0) is 44.6 Å².